The average molecular weight is 217 g/mol. The van der Waals surface area contributed by atoms with Gasteiger partial charge in [0.15, 0.2) is 0 Å². The number of hydrogen-bond donors (Lipinski definition) is 1. The molecule has 1 aromatic carbocycles. The number of benzene rings is 1. The van der Waals surface area contributed by atoms with Crippen LogP contribution < -0.4 is 10.1 Å². The second kappa shape index (κ2) is 3.77. The molecule has 1 aliphatic carbocycles. The van der Waals surface area contributed by atoms with Crippen molar-refractivity contribution in [1.82, 2.24) is 5.32 Å². The van der Waals surface area contributed by atoms with E-state index in [1.807, 2.05) is 0 Å². The molecule has 1 aliphatic heterocycles. The highest BCUT2D eigenvalue weighted by molar-refractivity contribution is 5.43. The molecule has 0 amide bonds. The fourth-order valence-electron chi connectivity index (χ4n) is 3.03. The zero-order valence-corrected chi connectivity index (χ0v) is 9.88. The van der Waals surface area contributed by atoms with Gasteiger partial charge < -0.3 is 10.1 Å². The lowest BCUT2D eigenvalue weighted by Gasteiger charge is -2.42. The Morgan fingerprint density at radius 2 is 2.25 bits per heavy atom. The van der Waals surface area contributed by atoms with E-state index < -0.39 is 0 Å². The van der Waals surface area contributed by atoms with Gasteiger partial charge in [-0.25, -0.2) is 0 Å². The quantitative estimate of drug-likeness (QED) is 0.838. The summed E-state index contributed by atoms with van der Waals surface area (Å²) in [6, 6.07) is 6.80. The van der Waals surface area contributed by atoms with Gasteiger partial charge in [-0.15, -0.1) is 0 Å². The Labute approximate surface area is 97.0 Å². The van der Waals surface area contributed by atoms with Crippen molar-refractivity contribution in [2.75, 3.05) is 20.2 Å². The van der Waals surface area contributed by atoms with Gasteiger partial charge in [0.05, 0.1) is 6.61 Å². The molecule has 16 heavy (non-hydrogen) atoms. The minimum absolute atomic E-state index is 0.409. The van der Waals surface area contributed by atoms with Crippen LogP contribution in [-0.4, -0.2) is 20.2 Å². The molecule has 0 aromatic heterocycles. The van der Waals surface area contributed by atoms with E-state index in [9.17, 15) is 0 Å². The number of hydrogen-bond acceptors (Lipinski definition) is 2. The highest BCUT2D eigenvalue weighted by Gasteiger charge is 2.38. The van der Waals surface area contributed by atoms with Gasteiger partial charge in [-0.3, -0.25) is 0 Å². The fourth-order valence-corrected chi connectivity index (χ4v) is 3.03. The Hall–Kier alpha value is -1.02. The van der Waals surface area contributed by atoms with Crippen LogP contribution in [0, 0.1) is 0 Å². The molecular formula is C14H19NO. The van der Waals surface area contributed by atoms with E-state index in [1.54, 1.807) is 0 Å². The summed E-state index contributed by atoms with van der Waals surface area (Å²) in [5, 5.41) is 3.35. The van der Waals surface area contributed by atoms with Crippen LogP contribution in [0.5, 0.6) is 5.75 Å². The zero-order chi connectivity index (χ0) is 11.0. The van der Waals surface area contributed by atoms with Gasteiger partial charge in [0.2, 0.25) is 0 Å². The summed E-state index contributed by atoms with van der Waals surface area (Å²) < 4.78 is 5.56. The van der Waals surface area contributed by atoms with E-state index in [2.05, 4.69) is 30.6 Å². The van der Waals surface area contributed by atoms with E-state index in [4.69, 9.17) is 4.74 Å². The van der Waals surface area contributed by atoms with Crippen LogP contribution in [0.15, 0.2) is 18.2 Å². The van der Waals surface area contributed by atoms with Gasteiger partial charge in [-0.2, -0.15) is 0 Å². The summed E-state index contributed by atoms with van der Waals surface area (Å²) >= 11 is 0. The fraction of sp³-hybridized carbons (Fsp3) is 0.571. The van der Waals surface area contributed by atoms with Gasteiger partial charge in [0, 0.05) is 18.4 Å². The van der Waals surface area contributed by atoms with Gasteiger partial charge in [-0.05, 0) is 37.1 Å². The lowest BCUT2D eigenvalue weighted by Crippen LogP contribution is -2.42. The number of ether oxygens (including phenoxy) is 1. The molecule has 0 bridgehead atoms. The van der Waals surface area contributed by atoms with Gasteiger partial charge in [0.25, 0.3) is 0 Å². The molecule has 1 fully saturated rings. The number of fused-ring (bicyclic) bond motifs is 1. The summed E-state index contributed by atoms with van der Waals surface area (Å²) in [7, 11) is 2.05. The van der Waals surface area contributed by atoms with Crippen molar-refractivity contribution < 1.29 is 4.74 Å². The Morgan fingerprint density at radius 3 is 2.94 bits per heavy atom. The van der Waals surface area contributed by atoms with E-state index in [0.717, 1.165) is 25.3 Å². The molecule has 0 unspecified atom stereocenters. The van der Waals surface area contributed by atoms with Crippen molar-refractivity contribution in [3.8, 4) is 5.75 Å². The largest absolute Gasteiger partial charge is 0.493 e. The highest BCUT2D eigenvalue weighted by atomic mass is 16.5. The van der Waals surface area contributed by atoms with Crippen LogP contribution in [0.4, 0.5) is 0 Å². The Kier molecular flexibility index (Phi) is 2.40. The van der Waals surface area contributed by atoms with Crippen LogP contribution in [-0.2, 0) is 11.8 Å². The van der Waals surface area contributed by atoms with Crippen molar-refractivity contribution in [1.29, 1.82) is 0 Å². The molecular weight excluding hydrogens is 198 g/mol. The molecule has 2 aliphatic rings. The summed E-state index contributed by atoms with van der Waals surface area (Å²) in [5.74, 6) is 1.10. The molecule has 0 saturated heterocycles. The Balaban J connectivity index is 1.93. The van der Waals surface area contributed by atoms with E-state index in [1.165, 1.54) is 30.4 Å². The van der Waals surface area contributed by atoms with Crippen molar-refractivity contribution >= 4 is 0 Å². The molecule has 2 heteroatoms. The standard InChI is InChI=1S/C14H19NO/c1-15-10-14(6-2-7-14)12-3-4-13-11(9-12)5-8-16-13/h3-4,9,15H,2,5-8,10H2,1H3. The predicted molar refractivity (Wildman–Crippen MR) is 65.1 cm³/mol. The van der Waals surface area contributed by atoms with E-state index in [-0.39, 0.29) is 0 Å². The Bertz CT molecular complexity index is 396. The van der Waals surface area contributed by atoms with E-state index >= 15 is 0 Å². The minimum Gasteiger partial charge on any atom is -0.493 e. The second-order valence-corrected chi connectivity index (χ2v) is 5.09. The molecule has 2 nitrogen and oxygen atoms in total. The molecule has 0 radical (unpaired) electrons. The SMILES string of the molecule is CNCC1(c2ccc3c(c2)CCO3)CCC1. The number of nitrogens with one attached hydrogen (secondary N) is 1. The monoisotopic (exact) mass is 217 g/mol. The predicted octanol–water partition coefficient (Wildman–Crippen LogP) is 2.26. The molecule has 1 saturated carbocycles. The normalized spacial score (nSPS) is 21.1. The van der Waals surface area contributed by atoms with Gasteiger partial charge in [-0.1, -0.05) is 18.6 Å². The van der Waals surface area contributed by atoms with Gasteiger partial charge in [0.1, 0.15) is 5.75 Å². The molecule has 0 atom stereocenters. The van der Waals surface area contributed by atoms with E-state index in [0.29, 0.717) is 5.41 Å². The van der Waals surface area contributed by atoms with Crippen LogP contribution in [0.1, 0.15) is 30.4 Å². The average Bonchev–Trinajstić information content (AvgIpc) is 2.70. The maximum absolute atomic E-state index is 5.56. The lowest BCUT2D eigenvalue weighted by atomic mass is 9.64. The second-order valence-electron chi connectivity index (χ2n) is 5.09. The van der Waals surface area contributed by atoms with Crippen LogP contribution in [0.2, 0.25) is 0 Å². The first-order valence-corrected chi connectivity index (χ1v) is 6.25. The summed E-state index contributed by atoms with van der Waals surface area (Å²) in [6.07, 6.45) is 5.11. The van der Waals surface area contributed by atoms with Crippen LogP contribution in [0.3, 0.4) is 0 Å². The van der Waals surface area contributed by atoms with Crippen molar-refractivity contribution in [3.63, 3.8) is 0 Å². The molecule has 3 rings (SSSR count). The third-order valence-electron chi connectivity index (χ3n) is 4.13. The van der Waals surface area contributed by atoms with Crippen molar-refractivity contribution in [2.24, 2.45) is 0 Å². The molecule has 0 spiro atoms. The summed E-state index contributed by atoms with van der Waals surface area (Å²) in [6.45, 7) is 1.96. The van der Waals surface area contributed by atoms with Crippen molar-refractivity contribution in [3.05, 3.63) is 29.3 Å². The maximum Gasteiger partial charge on any atom is 0.122 e. The first-order valence-electron chi connectivity index (χ1n) is 6.25. The van der Waals surface area contributed by atoms with Crippen LogP contribution in [0.25, 0.3) is 0 Å². The summed E-state index contributed by atoms with van der Waals surface area (Å²) in [4.78, 5) is 0. The summed E-state index contributed by atoms with van der Waals surface area (Å²) in [5.41, 5.74) is 3.32. The topological polar surface area (TPSA) is 21.3 Å². The molecule has 1 heterocycles. The van der Waals surface area contributed by atoms with Crippen LogP contribution >= 0.6 is 0 Å². The lowest BCUT2D eigenvalue weighted by molar-refractivity contribution is 0.239. The molecule has 1 N–H and O–H groups in total. The third-order valence-corrected chi connectivity index (χ3v) is 4.13. The minimum atomic E-state index is 0.409. The highest BCUT2D eigenvalue weighted by Crippen LogP contribution is 2.44. The first-order chi connectivity index (χ1) is 7.84. The van der Waals surface area contributed by atoms with Gasteiger partial charge >= 0.3 is 0 Å². The maximum atomic E-state index is 5.56. The number of rotatable bonds is 3. The van der Waals surface area contributed by atoms with Crippen molar-refractivity contribution in [2.45, 2.75) is 31.1 Å². The number of likely N-dealkylation sites (N-methyl/N-ethyl adjacent to an activating group) is 1. The molecule has 86 valence electrons. The molecule has 1 aromatic rings. The first kappa shape index (κ1) is 10.2. The third kappa shape index (κ3) is 1.44. The zero-order valence-electron chi connectivity index (χ0n) is 9.88. The smallest absolute Gasteiger partial charge is 0.122 e. The Morgan fingerprint density at radius 1 is 1.38 bits per heavy atom.